The quantitative estimate of drug-likeness (QED) is 0.254. The third kappa shape index (κ3) is 7.97. The Morgan fingerprint density at radius 3 is 2.48 bits per heavy atom. The largest absolute Gasteiger partial charge is 0.357 e. The van der Waals surface area contributed by atoms with Gasteiger partial charge in [0.15, 0.2) is 5.96 Å². The van der Waals surface area contributed by atoms with Crippen LogP contribution in [0.1, 0.15) is 56.5 Å². The summed E-state index contributed by atoms with van der Waals surface area (Å²) in [4.78, 5) is 7.36. The lowest BCUT2D eigenvalue weighted by Crippen LogP contribution is -2.38. The molecule has 6 nitrogen and oxygen atoms in total. The third-order valence-corrected chi connectivity index (χ3v) is 5.47. The molecule has 7 heteroatoms. The summed E-state index contributed by atoms with van der Waals surface area (Å²) < 4.78 is 1.93. The van der Waals surface area contributed by atoms with E-state index in [1.807, 2.05) is 11.7 Å². The van der Waals surface area contributed by atoms with E-state index in [2.05, 4.69) is 48.3 Å². The van der Waals surface area contributed by atoms with Crippen molar-refractivity contribution < 1.29 is 0 Å². The van der Waals surface area contributed by atoms with Crippen LogP contribution < -0.4 is 10.6 Å². The Bertz CT molecular complexity index is 575. The van der Waals surface area contributed by atoms with Gasteiger partial charge in [0, 0.05) is 31.4 Å². The first-order chi connectivity index (χ1) is 12.5. The van der Waals surface area contributed by atoms with Crippen LogP contribution in [0.2, 0.25) is 0 Å². The van der Waals surface area contributed by atoms with Gasteiger partial charge in [0.2, 0.25) is 0 Å². The highest BCUT2D eigenvalue weighted by Crippen LogP contribution is 2.16. The number of hydrogen-bond acceptors (Lipinski definition) is 3. The van der Waals surface area contributed by atoms with Crippen LogP contribution in [0.15, 0.2) is 4.99 Å². The van der Waals surface area contributed by atoms with E-state index < -0.39 is 0 Å². The number of unbranched alkanes of at least 4 members (excludes halogenated alkanes) is 1. The van der Waals surface area contributed by atoms with Gasteiger partial charge in [0.1, 0.15) is 0 Å². The molecule has 1 saturated heterocycles. The van der Waals surface area contributed by atoms with Gasteiger partial charge in [-0.25, -0.2) is 4.99 Å². The number of aromatic nitrogens is 2. The molecular formula is C20H39IN6. The fourth-order valence-electron chi connectivity index (χ4n) is 3.50. The molecule has 0 radical (unpaired) electrons. The van der Waals surface area contributed by atoms with E-state index in [1.165, 1.54) is 56.6 Å². The number of halogens is 1. The molecule has 1 aliphatic heterocycles. The molecule has 0 saturated carbocycles. The molecule has 0 atom stereocenters. The van der Waals surface area contributed by atoms with Gasteiger partial charge in [-0.05, 0) is 72.0 Å². The molecule has 0 bridgehead atoms. The summed E-state index contributed by atoms with van der Waals surface area (Å²) in [6.45, 7) is 15.0. The van der Waals surface area contributed by atoms with Crippen molar-refractivity contribution in [3.8, 4) is 0 Å². The van der Waals surface area contributed by atoms with E-state index in [-0.39, 0.29) is 24.0 Å². The van der Waals surface area contributed by atoms with Crippen LogP contribution in [-0.4, -0.2) is 53.4 Å². The lowest BCUT2D eigenvalue weighted by atomic mass is 9.99. The average Bonchev–Trinajstić information content (AvgIpc) is 2.86. The van der Waals surface area contributed by atoms with Gasteiger partial charge in [-0.15, -0.1) is 24.0 Å². The van der Waals surface area contributed by atoms with Crippen LogP contribution in [0, 0.1) is 19.8 Å². The number of guanidine groups is 1. The maximum absolute atomic E-state index is 4.75. The highest BCUT2D eigenvalue weighted by molar-refractivity contribution is 14.0. The van der Waals surface area contributed by atoms with Gasteiger partial charge in [-0.3, -0.25) is 4.68 Å². The fraction of sp³-hybridized carbons (Fsp3) is 0.800. The highest BCUT2D eigenvalue weighted by atomic mass is 127. The van der Waals surface area contributed by atoms with Crippen LogP contribution in [0.5, 0.6) is 0 Å². The van der Waals surface area contributed by atoms with Gasteiger partial charge in [0.25, 0.3) is 0 Å². The lowest BCUT2D eigenvalue weighted by molar-refractivity contribution is 0.189. The van der Waals surface area contributed by atoms with Crippen LogP contribution in [0.25, 0.3) is 0 Å². The molecule has 1 fully saturated rings. The Morgan fingerprint density at radius 2 is 1.89 bits per heavy atom. The number of hydrogen-bond donors (Lipinski definition) is 2. The summed E-state index contributed by atoms with van der Waals surface area (Å²) >= 11 is 0. The molecule has 2 rings (SSSR count). The first-order valence-electron chi connectivity index (χ1n) is 10.2. The second-order valence-electron chi connectivity index (χ2n) is 7.63. The van der Waals surface area contributed by atoms with Gasteiger partial charge in [-0.1, -0.05) is 6.92 Å². The van der Waals surface area contributed by atoms with Crippen molar-refractivity contribution in [3.63, 3.8) is 0 Å². The van der Waals surface area contributed by atoms with Gasteiger partial charge < -0.3 is 15.5 Å². The minimum Gasteiger partial charge on any atom is -0.357 e. The van der Waals surface area contributed by atoms with Crippen molar-refractivity contribution in [2.75, 3.05) is 32.7 Å². The van der Waals surface area contributed by atoms with Crippen molar-refractivity contribution in [1.29, 1.82) is 0 Å². The third-order valence-electron chi connectivity index (χ3n) is 5.47. The number of nitrogens with one attached hydrogen (secondary N) is 2. The zero-order chi connectivity index (χ0) is 18.9. The predicted octanol–water partition coefficient (Wildman–Crippen LogP) is 3.22. The Labute approximate surface area is 182 Å². The highest BCUT2D eigenvalue weighted by Gasteiger charge is 2.14. The average molecular weight is 490 g/mol. The summed E-state index contributed by atoms with van der Waals surface area (Å²) in [6, 6.07) is 0. The Kier molecular flexibility index (Phi) is 11.3. The molecule has 0 aromatic carbocycles. The molecule has 2 heterocycles. The Morgan fingerprint density at radius 1 is 1.19 bits per heavy atom. The minimum atomic E-state index is 0. The monoisotopic (exact) mass is 490 g/mol. The lowest BCUT2D eigenvalue weighted by Gasteiger charge is -2.30. The number of likely N-dealkylation sites (tertiary alicyclic amines) is 1. The van der Waals surface area contributed by atoms with Crippen molar-refractivity contribution >= 4 is 29.9 Å². The van der Waals surface area contributed by atoms with Gasteiger partial charge in [-0.2, -0.15) is 5.10 Å². The number of aliphatic imine (C=N–C) groups is 1. The maximum atomic E-state index is 4.75. The normalized spacial score (nSPS) is 16.3. The molecule has 1 aromatic rings. The van der Waals surface area contributed by atoms with Crippen LogP contribution >= 0.6 is 24.0 Å². The summed E-state index contributed by atoms with van der Waals surface area (Å²) in [5.41, 5.74) is 3.49. The summed E-state index contributed by atoms with van der Waals surface area (Å²) in [7, 11) is 1.99. The smallest absolute Gasteiger partial charge is 0.191 e. The standard InChI is InChI=1S/C20H38N6.HI/c1-6-21-20(23-15-19-17(3)24-25(5)18(19)4)22-11-7-8-12-26-13-9-16(2)10-14-26;/h16H,6-15H2,1-5H3,(H2,21,22,23);1H. The van der Waals surface area contributed by atoms with Gasteiger partial charge in [0.05, 0.1) is 12.2 Å². The fourth-order valence-corrected chi connectivity index (χ4v) is 3.50. The molecule has 0 aliphatic carbocycles. The molecule has 27 heavy (non-hydrogen) atoms. The SMILES string of the molecule is CCNC(=NCc1c(C)nn(C)c1C)NCCCCN1CCC(C)CC1.I. The molecule has 0 spiro atoms. The predicted molar refractivity (Wildman–Crippen MR) is 125 cm³/mol. The number of aryl methyl sites for hydroxylation is 2. The van der Waals surface area contributed by atoms with Gasteiger partial charge >= 0.3 is 0 Å². The summed E-state index contributed by atoms with van der Waals surface area (Å²) in [5, 5.41) is 11.3. The van der Waals surface area contributed by atoms with Crippen molar-refractivity contribution in [3.05, 3.63) is 17.0 Å². The van der Waals surface area contributed by atoms with Crippen molar-refractivity contribution in [1.82, 2.24) is 25.3 Å². The zero-order valence-electron chi connectivity index (χ0n) is 17.8. The maximum Gasteiger partial charge on any atom is 0.191 e. The summed E-state index contributed by atoms with van der Waals surface area (Å²) in [6.07, 6.45) is 5.16. The summed E-state index contributed by atoms with van der Waals surface area (Å²) in [5.74, 6) is 1.82. The van der Waals surface area contributed by atoms with Crippen LogP contribution in [-0.2, 0) is 13.6 Å². The van der Waals surface area contributed by atoms with Crippen molar-refractivity contribution in [2.24, 2.45) is 18.0 Å². The molecule has 1 aromatic heterocycles. The van der Waals surface area contributed by atoms with E-state index in [4.69, 9.17) is 4.99 Å². The van der Waals surface area contributed by atoms with E-state index in [1.54, 1.807) is 0 Å². The Balaban J connectivity index is 0.00000364. The second kappa shape index (κ2) is 12.6. The molecule has 1 aliphatic rings. The number of piperidine rings is 1. The first-order valence-corrected chi connectivity index (χ1v) is 10.2. The Hall–Kier alpha value is -0.830. The topological polar surface area (TPSA) is 57.5 Å². The molecule has 2 N–H and O–H groups in total. The molecule has 0 unspecified atom stereocenters. The van der Waals surface area contributed by atoms with E-state index in [9.17, 15) is 0 Å². The number of nitrogens with zero attached hydrogens (tertiary/aromatic N) is 4. The van der Waals surface area contributed by atoms with E-state index in [0.29, 0.717) is 6.54 Å². The first kappa shape index (κ1) is 24.2. The zero-order valence-corrected chi connectivity index (χ0v) is 20.2. The molecular weight excluding hydrogens is 451 g/mol. The van der Waals surface area contributed by atoms with E-state index in [0.717, 1.165) is 30.7 Å². The van der Waals surface area contributed by atoms with Crippen LogP contribution in [0.3, 0.4) is 0 Å². The molecule has 0 amide bonds. The van der Waals surface area contributed by atoms with Crippen molar-refractivity contribution in [2.45, 2.75) is 59.9 Å². The number of rotatable bonds is 8. The second-order valence-corrected chi connectivity index (χ2v) is 7.63. The minimum absolute atomic E-state index is 0. The van der Waals surface area contributed by atoms with Crippen LogP contribution in [0.4, 0.5) is 0 Å². The van der Waals surface area contributed by atoms with E-state index >= 15 is 0 Å². The molecule has 156 valence electrons.